The van der Waals surface area contributed by atoms with Gasteiger partial charge in [-0.25, -0.2) is 0 Å². The SMILES string of the molecule is Brc1cc2c(s1)Cc1ccccc1-2. The summed E-state index contributed by atoms with van der Waals surface area (Å²) in [5, 5.41) is 0. The minimum absolute atomic E-state index is 1.11. The Morgan fingerprint density at radius 3 is 2.92 bits per heavy atom. The zero-order valence-electron chi connectivity index (χ0n) is 6.88. The quantitative estimate of drug-likeness (QED) is 0.564. The smallest absolute Gasteiger partial charge is 0.0707 e. The van der Waals surface area contributed by atoms with E-state index in [9.17, 15) is 0 Å². The van der Waals surface area contributed by atoms with Crippen molar-refractivity contribution in [3.63, 3.8) is 0 Å². The van der Waals surface area contributed by atoms with Crippen molar-refractivity contribution in [3.05, 3.63) is 44.6 Å². The van der Waals surface area contributed by atoms with Gasteiger partial charge in [0.2, 0.25) is 0 Å². The number of rotatable bonds is 0. The molecule has 0 fully saturated rings. The zero-order chi connectivity index (χ0) is 8.84. The van der Waals surface area contributed by atoms with E-state index >= 15 is 0 Å². The molecule has 1 aliphatic carbocycles. The molecule has 0 saturated carbocycles. The lowest BCUT2D eigenvalue weighted by molar-refractivity contribution is 1.31. The van der Waals surface area contributed by atoms with Crippen molar-refractivity contribution in [3.8, 4) is 11.1 Å². The first-order valence-electron chi connectivity index (χ1n) is 4.21. The maximum absolute atomic E-state index is 3.53. The normalized spacial score (nSPS) is 12.7. The summed E-state index contributed by atoms with van der Waals surface area (Å²) in [7, 11) is 0. The number of hydrogen-bond acceptors (Lipinski definition) is 1. The Hall–Kier alpha value is -0.600. The number of benzene rings is 1. The van der Waals surface area contributed by atoms with Crippen molar-refractivity contribution < 1.29 is 0 Å². The summed E-state index contributed by atoms with van der Waals surface area (Å²) < 4.78 is 1.24. The summed E-state index contributed by atoms with van der Waals surface area (Å²) in [6.07, 6.45) is 1.11. The van der Waals surface area contributed by atoms with Gasteiger partial charge < -0.3 is 0 Å². The highest BCUT2D eigenvalue weighted by molar-refractivity contribution is 9.11. The van der Waals surface area contributed by atoms with Crippen LogP contribution in [0.4, 0.5) is 0 Å². The van der Waals surface area contributed by atoms with Crippen LogP contribution >= 0.6 is 27.3 Å². The lowest BCUT2D eigenvalue weighted by Gasteiger charge is -1.96. The van der Waals surface area contributed by atoms with Crippen molar-refractivity contribution in [2.24, 2.45) is 0 Å². The Morgan fingerprint density at radius 1 is 1.15 bits per heavy atom. The van der Waals surface area contributed by atoms with Crippen molar-refractivity contribution >= 4 is 27.3 Å². The van der Waals surface area contributed by atoms with Crippen LogP contribution in [0.15, 0.2) is 34.1 Å². The summed E-state index contributed by atoms with van der Waals surface area (Å²) in [6, 6.07) is 10.9. The first kappa shape index (κ1) is 7.77. The molecule has 0 unspecified atom stereocenters. The number of hydrogen-bond donors (Lipinski definition) is 0. The molecule has 1 heterocycles. The van der Waals surface area contributed by atoms with E-state index in [1.807, 2.05) is 11.3 Å². The van der Waals surface area contributed by atoms with Gasteiger partial charge in [0.1, 0.15) is 0 Å². The number of halogens is 1. The van der Waals surface area contributed by atoms with Crippen LogP contribution in [-0.2, 0) is 6.42 Å². The molecule has 64 valence electrons. The zero-order valence-corrected chi connectivity index (χ0v) is 9.28. The minimum Gasteiger partial charge on any atom is -0.132 e. The molecule has 0 saturated heterocycles. The van der Waals surface area contributed by atoms with Gasteiger partial charge in [-0.05, 0) is 38.7 Å². The Bertz CT molecular complexity index is 471. The Kier molecular flexibility index (Phi) is 1.61. The maximum Gasteiger partial charge on any atom is 0.0707 e. The van der Waals surface area contributed by atoms with Crippen molar-refractivity contribution in [2.45, 2.75) is 6.42 Å². The highest BCUT2D eigenvalue weighted by atomic mass is 79.9. The fourth-order valence-corrected chi connectivity index (χ4v) is 3.60. The number of fused-ring (bicyclic) bond motifs is 3. The van der Waals surface area contributed by atoms with E-state index in [-0.39, 0.29) is 0 Å². The minimum atomic E-state index is 1.11. The number of thiophene rings is 1. The van der Waals surface area contributed by atoms with Gasteiger partial charge in [0.05, 0.1) is 3.79 Å². The fourth-order valence-electron chi connectivity index (χ4n) is 1.87. The monoisotopic (exact) mass is 250 g/mol. The van der Waals surface area contributed by atoms with Crippen LogP contribution in [-0.4, -0.2) is 0 Å². The average molecular weight is 251 g/mol. The molecule has 3 rings (SSSR count). The third-order valence-electron chi connectivity index (χ3n) is 2.44. The standard InChI is InChI=1S/C11H7BrS/c12-11-6-9-8-4-2-1-3-7(8)5-10(9)13-11/h1-4,6H,5H2. The maximum atomic E-state index is 3.53. The molecule has 1 aromatic heterocycles. The summed E-state index contributed by atoms with van der Waals surface area (Å²) in [5.74, 6) is 0. The first-order valence-corrected chi connectivity index (χ1v) is 5.82. The molecule has 2 heteroatoms. The van der Waals surface area contributed by atoms with Crippen molar-refractivity contribution in [2.75, 3.05) is 0 Å². The second kappa shape index (κ2) is 2.69. The average Bonchev–Trinajstić information content (AvgIpc) is 2.60. The van der Waals surface area contributed by atoms with E-state index in [4.69, 9.17) is 0 Å². The van der Waals surface area contributed by atoms with Crippen LogP contribution in [0.25, 0.3) is 11.1 Å². The van der Waals surface area contributed by atoms with Gasteiger partial charge in [-0.15, -0.1) is 11.3 Å². The van der Waals surface area contributed by atoms with Crippen LogP contribution in [0.2, 0.25) is 0 Å². The topological polar surface area (TPSA) is 0 Å². The molecular weight excluding hydrogens is 244 g/mol. The largest absolute Gasteiger partial charge is 0.132 e. The summed E-state index contributed by atoms with van der Waals surface area (Å²) in [4.78, 5) is 1.49. The highest BCUT2D eigenvalue weighted by Gasteiger charge is 2.19. The molecule has 0 nitrogen and oxygen atoms in total. The molecule has 0 amide bonds. The van der Waals surface area contributed by atoms with Crippen molar-refractivity contribution in [1.29, 1.82) is 0 Å². The molecule has 0 radical (unpaired) electrons. The van der Waals surface area contributed by atoms with Gasteiger partial charge in [-0.2, -0.15) is 0 Å². The predicted octanol–water partition coefficient (Wildman–Crippen LogP) is 4.08. The van der Waals surface area contributed by atoms with E-state index in [1.165, 1.54) is 25.4 Å². The Morgan fingerprint density at radius 2 is 2.00 bits per heavy atom. The molecule has 1 aliphatic rings. The van der Waals surface area contributed by atoms with Gasteiger partial charge in [0.15, 0.2) is 0 Å². The highest BCUT2D eigenvalue weighted by Crippen LogP contribution is 2.42. The molecule has 0 atom stereocenters. The third kappa shape index (κ3) is 1.09. The molecular formula is C11H7BrS. The van der Waals surface area contributed by atoms with Gasteiger partial charge in [0, 0.05) is 11.3 Å². The predicted molar refractivity (Wildman–Crippen MR) is 60.3 cm³/mol. The van der Waals surface area contributed by atoms with Crippen LogP contribution in [0.3, 0.4) is 0 Å². The summed E-state index contributed by atoms with van der Waals surface area (Å²) >= 11 is 5.38. The van der Waals surface area contributed by atoms with Crippen molar-refractivity contribution in [1.82, 2.24) is 0 Å². The van der Waals surface area contributed by atoms with Crippen LogP contribution < -0.4 is 0 Å². The van der Waals surface area contributed by atoms with E-state index in [1.54, 1.807) is 0 Å². The fraction of sp³-hybridized carbons (Fsp3) is 0.0909. The molecule has 13 heavy (non-hydrogen) atoms. The van der Waals surface area contributed by atoms with Crippen LogP contribution in [0, 0.1) is 0 Å². The second-order valence-electron chi connectivity index (χ2n) is 3.22. The Labute approximate surface area is 89.4 Å². The lowest BCUT2D eigenvalue weighted by Crippen LogP contribution is -1.76. The first-order chi connectivity index (χ1) is 6.34. The molecule has 2 aromatic rings. The Balaban J connectivity index is 2.30. The van der Waals surface area contributed by atoms with Gasteiger partial charge >= 0.3 is 0 Å². The van der Waals surface area contributed by atoms with Crippen LogP contribution in [0.5, 0.6) is 0 Å². The van der Waals surface area contributed by atoms with Gasteiger partial charge in [-0.1, -0.05) is 24.3 Å². The lowest BCUT2D eigenvalue weighted by atomic mass is 10.1. The molecule has 0 N–H and O–H groups in total. The van der Waals surface area contributed by atoms with E-state index in [2.05, 4.69) is 46.3 Å². The molecule has 0 aliphatic heterocycles. The molecule has 0 bridgehead atoms. The van der Waals surface area contributed by atoms with E-state index in [0.717, 1.165) is 6.42 Å². The summed E-state index contributed by atoms with van der Waals surface area (Å²) in [5.41, 5.74) is 4.31. The van der Waals surface area contributed by atoms with Crippen LogP contribution in [0.1, 0.15) is 10.4 Å². The third-order valence-corrected chi connectivity index (χ3v) is 4.08. The second-order valence-corrected chi connectivity index (χ2v) is 5.74. The van der Waals surface area contributed by atoms with Gasteiger partial charge in [-0.3, -0.25) is 0 Å². The van der Waals surface area contributed by atoms with E-state index < -0.39 is 0 Å². The van der Waals surface area contributed by atoms with E-state index in [0.29, 0.717) is 0 Å². The van der Waals surface area contributed by atoms with Gasteiger partial charge in [0.25, 0.3) is 0 Å². The summed E-state index contributed by atoms with van der Waals surface area (Å²) in [6.45, 7) is 0. The molecule has 1 aromatic carbocycles. The molecule has 0 spiro atoms.